The van der Waals surface area contributed by atoms with E-state index in [2.05, 4.69) is 17.1 Å². The predicted molar refractivity (Wildman–Crippen MR) is 88.3 cm³/mol. The van der Waals surface area contributed by atoms with E-state index in [1.165, 1.54) is 5.56 Å². The van der Waals surface area contributed by atoms with Gasteiger partial charge in [-0.1, -0.05) is 30.3 Å². The Morgan fingerprint density at radius 3 is 2.50 bits per heavy atom. The summed E-state index contributed by atoms with van der Waals surface area (Å²) >= 11 is 0. The van der Waals surface area contributed by atoms with Crippen LogP contribution < -0.4 is 0 Å². The lowest BCUT2D eigenvalue weighted by molar-refractivity contribution is 0.0915. The molecule has 2 rings (SSSR count). The number of aryl methyl sites for hydroxylation is 2. The number of rotatable bonds is 8. The second kappa shape index (κ2) is 7.92. The first-order valence-corrected chi connectivity index (χ1v) is 7.66. The molecule has 0 amide bonds. The minimum absolute atomic E-state index is 0.0627. The Morgan fingerprint density at radius 2 is 1.91 bits per heavy atom. The number of hydrogen-bond acceptors (Lipinski definition) is 3. The Morgan fingerprint density at radius 1 is 1.18 bits per heavy atom. The second-order valence-corrected chi connectivity index (χ2v) is 5.65. The number of aromatic amines is 1. The third kappa shape index (κ3) is 4.55. The van der Waals surface area contributed by atoms with Gasteiger partial charge >= 0.3 is 0 Å². The molecule has 22 heavy (non-hydrogen) atoms. The van der Waals surface area contributed by atoms with Gasteiger partial charge in [-0.25, -0.2) is 0 Å². The van der Waals surface area contributed by atoms with Crippen molar-refractivity contribution in [3.05, 3.63) is 58.9 Å². The zero-order chi connectivity index (χ0) is 15.9. The van der Waals surface area contributed by atoms with Gasteiger partial charge in [0, 0.05) is 30.0 Å². The summed E-state index contributed by atoms with van der Waals surface area (Å²) < 4.78 is 0. The number of Topliss-reactive ketones (excluding diaryl/α,β-unsaturated/α-hetero) is 1. The summed E-state index contributed by atoms with van der Waals surface area (Å²) in [5.41, 5.74) is 3.90. The normalized spacial score (nSPS) is 11.1. The lowest BCUT2D eigenvalue weighted by Crippen LogP contribution is -2.34. The first-order valence-electron chi connectivity index (χ1n) is 7.66. The molecule has 0 saturated heterocycles. The van der Waals surface area contributed by atoms with Gasteiger partial charge in [0.25, 0.3) is 0 Å². The molecule has 0 aliphatic heterocycles. The number of aliphatic hydroxyl groups is 1. The van der Waals surface area contributed by atoms with Gasteiger partial charge in [0.2, 0.25) is 0 Å². The monoisotopic (exact) mass is 300 g/mol. The summed E-state index contributed by atoms with van der Waals surface area (Å²) in [5.74, 6) is 0.100. The number of ketones is 1. The van der Waals surface area contributed by atoms with Crippen LogP contribution in [0.5, 0.6) is 0 Å². The molecule has 0 saturated carbocycles. The highest BCUT2D eigenvalue weighted by molar-refractivity contribution is 5.98. The van der Waals surface area contributed by atoms with Crippen LogP contribution >= 0.6 is 0 Å². The van der Waals surface area contributed by atoms with E-state index in [-0.39, 0.29) is 12.4 Å². The minimum atomic E-state index is 0.0627. The van der Waals surface area contributed by atoms with Crippen molar-refractivity contribution in [2.24, 2.45) is 0 Å². The zero-order valence-electron chi connectivity index (χ0n) is 13.3. The smallest absolute Gasteiger partial charge is 0.178 e. The van der Waals surface area contributed by atoms with Gasteiger partial charge in [0.1, 0.15) is 0 Å². The molecule has 0 radical (unpaired) electrons. The van der Waals surface area contributed by atoms with Gasteiger partial charge in [0.05, 0.1) is 13.2 Å². The molecule has 1 aromatic carbocycles. The molecule has 4 heteroatoms. The highest BCUT2D eigenvalue weighted by Gasteiger charge is 2.15. The maximum absolute atomic E-state index is 12.4. The number of nitrogens with one attached hydrogen (secondary N) is 1. The quantitative estimate of drug-likeness (QED) is 0.736. The van der Waals surface area contributed by atoms with Crippen LogP contribution in [-0.4, -0.2) is 47.0 Å². The fraction of sp³-hybridized carbons (Fsp3) is 0.389. The first kappa shape index (κ1) is 16.5. The lowest BCUT2D eigenvalue weighted by atomic mass is 10.1. The van der Waals surface area contributed by atoms with Gasteiger partial charge < -0.3 is 10.1 Å². The van der Waals surface area contributed by atoms with Gasteiger partial charge in [-0.05, 0) is 31.9 Å². The summed E-state index contributed by atoms with van der Waals surface area (Å²) in [5, 5.41) is 9.22. The highest BCUT2D eigenvalue weighted by Crippen LogP contribution is 2.11. The number of hydrogen-bond donors (Lipinski definition) is 2. The van der Waals surface area contributed by atoms with E-state index in [1.807, 2.05) is 43.0 Å². The van der Waals surface area contributed by atoms with Gasteiger partial charge in [-0.3, -0.25) is 9.69 Å². The standard InChI is InChI=1S/C18H24N2O2/c1-14-12-17(15(2)19-14)18(22)13-20(10-11-21)9-8-16-6-4-3-5-7-16/h3-7,12,19,21H,8-11,13H2,1-2H3. The maximum Gasteiger partial charge on any atom is 0.178 e. The van der Waals surface area contributed by atoms with E-state index in [4.69, 9.17) is 0 Å². The van der Waals surface area contributed by atoms with Crippen LogP contribution in [0.3, 0.4) is 0 Å². The van der Waals surface area contributed by atoms with Crippen LogP contribution in [0, 0.1) is 13.8 Å². The molecule has 2 aromatic rings. The number of H-pyrrole nitrogens is 1. The van der Waals surface area contributed by atoms with Crippen LogP contribution in [0.2, 0.25) is 0 Å². The van der Waals surface area contributed by atoms with Crippen LogP contribution in [0.1, 0.15) is 27.3 Å². The molecule has 0 bridgehead atoms. The van der Waals surface area contributed by atoms with E-state index in [9.17, 15) is 9.90 Å². The zero-order valence-corrected chi connectivity index (χ0v) is 13.3. The van der Waals surface area contributed by atoms with Crippen molar-refractivity contribution in [1.29, 1.82) is 0 Å². The van der Waals surface area contributed by atoms with Crippen molar-refractivity contribution >= 4 is 5.78 Å². The predicted octanol–water partition coefficient (Wildman–Crippen LogP) is 2.35. The Bertz CT molecular complexity index is 605. The molecule has 0 aliphatic rings. The van der Waals surface area contributed by atoms with Crippen molar-refractivity contribution < 1.29 is 9.90 Å². The van der Waals surface area contributed by atoms with E-state index < -0.39 is 0 Å². The van der Waals surface area contributed by atoms with E-state index in [0.717, 1.165) is 29.9 Å². The molecule has 4 nitrogen and oxygen atoms in total. The van der Waals surface area contributed by atoms with Gasteiger partial charge in [-0.15, -0.1) is 0 Å². The molecule has 0 atom stereocenters. The molecular formula is C18H24N2O2. The van der Waals surface area contributed by atoms with Crippen LogP contribution in [0.25, 0.3) is 0 Å². The Balaban J connectivity index is 1.96. The van der Waals surface area contributed by atoms with E-state index >= 15 is 0 Å². The maximum atomic E-state index is 12.4. The average Bonchev–Trinajstić information content (AvgIpc) is 2.85. The third-order valence-corrected chi connectivity index (χ3v) is 3.79. The lowest BCUT2D eigenvalue weighted by Gasteiger charge is -2.20. The molecule has 1 heterocycles. The van der Waals surface area contributed by atoms with Crippen LogP contribution in [0.4, 0.5) is 0 Å². The molecule has 2 N–H and O–H groups in total. The topological polar surface area (TPSA) is 56.3 Å². The number of carbonyl (C=O) groups excluding carboxylic acids is 1. The fourth-order valence-corrected chi connectivity index (χ4v) is 2.65. The second-order valence-electron chi connectivity index (χ2n) is 5.65. The van der Waals surface area contributed by atoms with Crippen molar-refractivity contribution in [1.82, 2.24) is 9.88 Å². The van der Waals surface area contributed by atoms with E-state index in [0.29, 0.717) is 13.1 Å². The third-order valence-electron chi connectivity index (χ3n) is 3.79. The molecular weight excluding hydrogens is 276 g/mol. The number of aliphatic hydroxyl groups excluding tert-OH is 1. The van der Waals surface area contributed by atoms with Crippen molar-refractivity contribution in [2.75, 3.05) is 26.2 Å². The van der Waals surface area contributed by atoms with Crippen LogP contribution in [-0.2, 0) is 6.42 Å². The Labute approximate surface area is 131 Å². The average molecular weight is 300 g/mol. The molecule has 0 aliphatic carbocycles. The first-order chi connectivity index (χ1) is 10.6. The highest BCUT2D eigenvalue weighted by atomic mass is 16.3. The van der Waals surface area contributed by atoms with Crippen LogP contribution in [0.15, 0.2) is 36.4 Å². The molecule has 118 valence electrons. The van der Waals surface area contributed by atoms with E-state index in [1.54, 1.807) is 0 Å². The minimum Gasteiger partial charge on any atom is -0.395 e. The number of aromatic nitrogens is 1. The van der Waals surface area contributed by atoms with Gasteiger partial charge in [-0.2, -0.15) is 0 Å². The Kier molecular flexibility index (Phi) is 5.92. The summed E-state index contributed by atoms with van der Waals surface area (Å²) in [6.45, 7) is 5.55. The molecule has 0 spiro atoms. The summed E-state index contributed by atoms with van der Waals surface area (Å²) in [7, 11) is 0. The molecule has 0 unspecified atom stereocenters. The summed E-state index contributed by atoms with van der Waals surface area (Å²) in [6.07, 6.45) is 0.874. The van der Waals surface area contributed by atoms with Crippen molar-refractivity contribution in [3.8, 4) is 0 Å². The van der Waals surface area contributed by atoms with Gasteiger partial charge in [0.15, 0.2) is 5.78 Å². The largest absolute Gasteiger partial charge is 0.395 e. The number of benzene rings is 1. The fourth-order valence-electron chi connectivity index (χ4n) is 2.65. The Hall–Kier alpha value is -1.91. The van der Waals surface area contributed by atoms with Crippen molar-refractivity contribution in [3.63, 3.8) is 0 Å². The number of nitrogens with zero attached hydrogens (tertiary/aromatic N) is 1. The summed E-state index contributed by atoms with van der Waals surface area (Å²) in [4.78, 5) is 17.6. The molecule has 1 aromatic heterocycles. The summed E-state index contributed by atoms with van der Waals surface area (Å²) in [6, 6.07) is 12.1. The van der Waals surface area contributed by atoms with Crippen molar-refractivity contribution in [2.45, 2.75) is 20.3 Å². The number of carbonyl (C=O) groups is 1. The molecule has 0 fully saturated rings. The SMILES string of the molecule is Cc1cc(C(=O)CN(CCO)CCc2ccccc2)c(C)[nH]1.